The van der Waals surface area contributed by atoms with E-state index in [2.05, 4.69) is 37.2 Å². The van der Waals surface area contributed by atoms with E-state index in [9.17, 15) is 48.3 Å². The molecule has 1 aromatic rings. The highest BCUT2D eigenvalue weighted by molar-refractivity contribution is 8.76. The summed E-state index contributed by atoms with van der Waals surface area (Å²) in [6, 6.07) is -1.81. The minimum Gasteiger partial charge on any atom is -0.494 e. The number of nitrogens with zero attached hydrogens (tertiary/aromatic N) is 1. The number of hydrogen-bond acceptors (Lipinski definition) is 13. The van der Waals surface area contributed by atoms with Gasteiger partial charge < -0.3 is 57.7 Å². The first-order valence-electron chi connectivity index (χ1n) is 21.3. The van der Waals surface area contributed by atoms with Crippen LogP contribution >= 0.6 is 21.6 Å². The first-order valence-corrected chi connectivity index (χ1v) is 23.8. The quantitative estimate of drug-likeness (QED) is 0.108. The Morgan fingerprint density at radius 3 is 2.19 bits per heavy atom. The molecule has 63 heavy (non-hydrogen) atoms. The van der Waals surface area contributed by atoms with Crippen molar-refractivity contribution in [3.05, 3.63) is 29.8 Å². The fourth-order valence-electron chi connectivity index (χ4n) is 7.31. The second-order valence-electron chi connectivity index (χ2n) is 15.8. The highest BCUT2D eigenvalue weighted by atomic mass is 33.1. The van der Waals surface area contributed by atoms with Gasteiger partial charge in [0.05, 0.1) is 19.1 Å². The third-order valence-electron chi connectivity index (χ3n) is 11.0. The van der Waals surface area contributed by atoms with Crippen molar-refractivity contribution in [1.82, 2.24) is 42.1 Å². The Bertz CT molecular complexity index is 1820. The van der Waals surface area contributed by atoms with Gasteiger partial charge in [0.25, 0.3) is 0 Å². The third kappa shape index (κ3) is 15.0. The smallest absolute Gasteiger partial charge is 0.246 e. The molecule has 4 rings (SSSR count). The van der Waals surface area contributed by atoms with Gasteiger partial charge in [0.2, 0.25) is 53.2 Å². The van der Waals surface area contributed by atoms with Crippen molar-refractivity contribution >= 4 is 74.8 Å². The predicted molar refractivity (Wildman–Crippen MR) is 234 cm³/mol. The lowest BCUT2D eigenvalue weighted by molar-refractivity contribution is -0.142. The number of carbonyl (C=O) groups is 9. The van der Waals surface area contributed by atoms with Crippen LogP contribution in [-0.2, 0) is 49.6 Å². The number of aliphatic hydroxyl groups is 1. The first-order chi connectivity index (χ1) is 30.0. The summed E-state index contributed by atoms with van der Waals surface area (Å²) in [7, 11) is 2.35. The summed E-state index contributed by atoms with van der Waals surface area (Å²) in [6.45, 7) is 7.67. The molecule has 10 N–H and O–H groups in total. The number of likely N-dealkylation sites (tertiary alicyclic amines) is 1. The molecule has 0 radical (unpaired) electrons. The van der Waals surface area contributed by atoms with E-state index in [1.165, 1.54) is 22.6 Å². The van der Waals surface area contributed by atoms with E-state index in [0.29, 0.717) is 56.6 Å². The zero-order chi connectivity index (χ0) is 46.2. The number of aliphatic hydroxyl groups excluding tert-OH is 1. The highest BCUT2D eigenvalue weighted by Gasteiger charge is 2.41. The van der Waals surface area contributed by atoms with Gasteiger partial charge >= 0.3 is 0 Å². The average molecular weight is 920 g/mol. The van der Waals surface area contributed by atoms with Crippen LogP contribution in [0.25, 0.3) is 0 Å². The Morgan fingerprint density at radius 2 is 1.54 bits per heavy atom. The van der Waals surface area contributed by atoms with E-state index in [1.807, 2.05) is 6.92 Å². The number of piperidine rings is 1. The van der Waals surface area contributed by atoms with E-state index < -0.39 is 108 Å². The molecule has 0 bridgehead atoms. The van der Waals surface area contributed by atoms with Crippen molar-refractivity contribution in [2.24, 2.45) is 11.7 Å². The summed E-state index contributed by atoms with van der Waals surface area (Å²) in [5.74, 6) is -6.30. The van der Waals surface area contributed by atoms with Crippen molar-refractivity contribution in [2.75, 3.05) is 31.2 Å². The number of amides is 9. The lowest BCUT2D eigenvalue weighted by Gasteiger charge is -2.31. The van der Waals surface area contributed by atoms with Gasteiger partial charge in [-0.3, -0.25) is 43.2 Å². The van der Waals surface area contributed by atoms with Crippen LogP contribution in [0.5, 0.6) is 5.75 Å². The standard InChI is InChI=1S/C41H61N9O11S2/c1-5-22(3)33-39(58)49-34(23(4)51)40(59)46-28(20-31(42)52)36(55)47-29(41(60)50-17-8-10-30(50)38(57)45-26-9-7-16-43-35(26)54)21-63-62-18-15-32(53)44-27(37(56)48-33)19-24-11-13-25(14-12-24)61-6-2/h11-14,22-23,26-30,33-34,51H,5-10,15-21H2,1-4H3,(H2,42,52)(H,43,54)(H,44,53)(H,45,57)(H,46,59)(H,47,55)(H,48,56)(H,49,58)/t22-,23+,26-,27+,28-,29-,30-,33-,34-/m0/s1. The minimum absolute atomic E-state index is 0.0491. The van der Waals surface area contributed by atoms with Crippen molar-refractivity contribution in [3.8, 4) is 5.75 Å². The van der Waals surface area contributed by atoms with Crippen LogP contribution in [0.1, 0.15) is 78.2 Å². The van der Waals surface area contributed by atoms with E-state index in [4.69, 9.17) is 10.5 Å². The normalized spacial score (nSPS) is 26.9. The van der Waals surface area contributed by atoms with Gasteiger partial charge in [-0.05, 0) is 63.1 Å². The number of nitrogens with one attached hydrogen (secondary N) is 7. The third-order valence-corrected chi connectivity index (χ3v) is 13.4. The van der Waals surface area contributed by atoms with Crippen molar-refractivity contribution in [3.63, 3.8) is 0 Å². The number of rotatable bonds is 12. The molecular weight excluding hydrogens is 859 g/mol. The lowest BCUT2D eigenvalue weighted by atomic mass is 9.96. The molecule has 3 aliphatic heterocycles. The fourth-order valence-corrected chi connectivity index (χ4v) is 9.46. The zero-order valence-electron chi connectivity index (χ0n) is 36.1. The number of carbonyl (C=O) groups excluding carboxylic acids is 9. The Balaban J connectivity index is 1.64. The topological polar surface area (TPSA) is 297 Å². The van der Waals surface area contributed by atoms with Crippen LogP contribution in [0, 0.1) is 5.92 Å². The van der Waals surface area contributed by atoms with Crippen molar-refractivity contribution in [2.45, 2.75) is 127 Å². The van der Waals surface area contributed by atoms with Crippen LogP contribution in [-0.4, -0.2) is 143 Å². The molecule has 348 valence electrons. The van der Waals surface area contributed by atoms with Crippen LogP contribution < -0.4 is 47.7 Å². The van der Waals surface area contributed by atoms with Gasteiger partial charge in [-0.25, -0.2) is 0 Å². The maximum absolute atomic E-state index is 14.3. The number of nitrogens with two attached hydrogens (primary N) is 1. The van der Waals surface area contributed by atoms with E-state index in [0.717, 1.165) is 10.8 Å². The summed E-state index contributed by atoms with van der Waals surface area (Å²) >= 11 is 0. The zero-order valence-corrected chi connectivity index (χ0v) is 37.7. The maximum atomic E-state index is 14.3. The molecule has 9 amide bonds. The fraction of sp³-hybridized carbons (Fsp3) is 0.634. The Kier molecular flexibility index (Phi) is 19.8. The van der Waals surface area contributed by atoms with Crippen LogP contribution in [0.3, 0.4) is 0 Å². The molecule has 9 atom stereocenters. The molecule has 20 nitrogen and oxygen atoms in total. The first kappa shape index (κ1) is 50.6. The van der Waals surface area contributed by atoms with E-state index >= 15 is 0 Å². The lowest BCUT2D eigenvalue weighted by Crippen LogP contribution is -2.63. The van der Waals surface area contributed by atoms with Gasteiger partial charge in [-0.1, -0.05) is 54.0 Å². The maximum Gasteiger partial charge on any atom is 0.246 e. The molecule has 0 spiro atoms. The Hall–Kier alpha value is -5.09. The molecule has 0 saturated carbocycles. The molecule has 1 aromatic carbocycles. The molecule has 3 saturated heterocycles. The van der Waals surface area contributed by atoms with E-state index in [-0.39, 0.29) is 36.8 Å². The number of hydrogen-bond donors (Lipinski definition) is 9. The SMILES string of the molecule is CCOc1ccc(C[C@H]2NC(=O)CCSSC[C@@H](C(=O)N3CCC[C@H]3C(=O)N[C@H]3CCCNC3=O)NC(=O)[C@H](CC(N)=O)NC(=O)[C@H]([C@@H](C)O)NC(=O)[C@H]([C@@H](C)CC)NC2=O)cc1. The Morgan fingerprint density at radius 1 is 0.857 bits per heavy atom. The molecule has 0 aliphatic carbocycles. The van der Waals surface area contributed by atoms with Gasteiger partial charge in [-0.15, -0.1) is 0 Å². The second kappa shape index (κ2) is 24.7. The van der Waals surface area contributed by atoms with Gasteiger partial charge in [-0.2, -0.15) is 0 Å². The molecule has 3 aliphatic rings. The largest absolute Gasteiger partial charge is 0.494 e. The van der Waals surface area contributed by atoms with Gasteiger partial charge in [0.15, 0.2) is 0 Å². The van der Waals surface area contributed by atoms with Crippen LogP contribution in [0.2, 0.25) is 0 Å². The number of ether oxygens (including phenoxy) is 1. The molecule has 3 fully saturated rings. The molecule has 22 heteroatoms. The predicted octanol–water partition coefficient (Wildman–Crippen LogP) is -1.47. The summed E-state index contributed by atoms with van der Waals surface area (Å²) in [6.07, 6.45) is -0.0303. The van der Waals surface area contributed by atoms with Crippen molar-refractivity contribution < 1.29 is 53.0 Å². The highest BCUT2D eigenvalue weighted by Crippen LogP contribution is 2.26. The van der Waals surface area contributed by atoms with Crippen LogP contribution in [0.15, 0.2) is 24.3 Å². The van der Waals surface area contributed by atoms with Crippen LogP contribution in [0.4, 0.5) is 0 Å². The molecule has 3 heterocycles. The second-order valence-corrected chi connectivity index (χ2v) is 18.5. The minimum atomic E-state index is -1.70. The van der Waals surface area contributed by atoms with Gasteiger partial charge in [0.1, 0.15) is 48.0 Å². The molecule has 0 unspecified atom stereocenters. The summed E-state index contributed by atoms with van der Waals surface area (Å²) in [5.41, 5.74) is 6.17. The van der Waals surface area contributed by atoms with Crippen molar-refractivity contribution in [1.29, 1.82) is 0 Å². The summed E-state index contributed by atoms with van der Waals surface area (Å²) < 4.78 is 5.53. The average Bonchev–Trinajstić information content (AvgIpc) is 3.74. The number of benzene rings is 1. The number of primary amides is 1. The Labute approximate surface area is 374 Å². The van der Waals surface area contributed by atoms with E-state index in [1.54, 1.807) is 38.1 Å². The molecular formula is C41H61N9O11S2. The van der Waals surface area contributed by atoms with Gasteiger partial charge in [0, 0.05) is 37.4 Å². The molecule has 0 aromatic heterocycles. The summed E-state index contributed by atoms with van der Waals surface area (Å²) in [4.78, 5) is 123. The monoisotopic (exact) mass is 919 g/mol. The summed E-state index contributed by atoms with van der Waals surface area (Å²) in [5, 5.41) is 29.2.